The maximum Gasteiger partial charge on any atom is 0.0714 e. The van der Waals surface area contributed by atoms with Gasteiger partial charge in [0.05, 0.1) is 45.0 Å². The second-order valence-electron chi connectivity index (χ2n) is 25.3. The van der Waals surface area contributed by atoms with Gasteiger partial charge in [-0.1, -0.05) is 262 Å². The van der Waals surface area contributed by atoms with Crippen molar-refractivity contribution in [2.75, 3.05) is 19.6 Å². The first-order valence-electron chi connectivity index (χ1n) is 32.8. The van der Waals surface area contributed by atoms with E-state index >= 15 is 0 Å². The Hall–Kier alpha value is -11.7. The Morgan fingerprint density at radius 1 is 0.362 bits per heavy atom. The lowest BCUT2D eigenvalue weighted by molar-refractivity contribution is 0.681. The number of nitrogens with zero attached hydrogens (tertiary/aromatic N) is 4. The quantitative estimate of drug-likeness (QED) is 0.0893. The van der Waals surface area contributed by atoms with E-state index in [0.717, 1.165) is 68.8 Å². The summed E-state index contributed by atoms with van der Waals surface area (Å²) in [6.07, 6.45) is 16.4. The average molecular weight is 1210 g/mol. The molecule has 2 aliphatic heterocycles. The van der Waals surface area contributed by atoms with Crippen molar-refractivity contribution < 1.29 is 0 Å². The van der Waals surface area contributed by atoms with Crippen LogP contribution in [-0.2, 0) is 10.8 Å². The fraction of sp³-hybridized carbons (Fsp3) is 0.0667. The van der Waals surface area contributed by atoms with Crippen LogP contribution in [0, 0.1) is 5.92 Å². The average Bonchev–Trinajstić information content (AvgIpc) is 1.53. The highest BCUT2D eigenvalue weighted by Gasteiger charge is 2.49. The molecule has 0 saturated heterocycles. The van der Waals surface area contributed by atoms with Gasteiger partial charge in [-0.3, -0.25) is 0 Å². The molecule has 12 aromatic carbocycles. The fourth-order valence-corrected chi connectivity index (χ4v) is 16.1. The van der Waals surface area contributed by atoms with E-state index in [9.17, 15) is 0 Å². The lowest BCUT2D eigenvalue weighted by Crippen LogP contribution is -2.33. The van der Waals surface area contributed by atoms with Gasteiger partial charge in [-0.25, -0.2) is 0 Å². The van der Waals surface area contributed by atoms with E-state index in [4.69, 9.17) is 0 Å². The van der Waals surface area contributed by atoms with Gasteiger partial charge in [0.2, 0.25) is 0 Å². The summed E-state index contributed by atoms with van der Waals surface area (Å²) < 4.78 is 0. The van der Waals surface area contributed by atoms with Gasteiger partial charge in [-0.15, -0.1) is 0 Å². The Labute approximate surface area is 552 Å². The molecule has 0 aromatic heterocycles. The maximum absolute atomic E-state index is 4.09. The van der Waals surface area contributed by atoms with E-state index < -0.39 is 10.8 Å². The molecule has 5 aliphatic rings. The summed E-state index contributed by atoms with van der Waals surface area (Å²) in [5.41, 5.74) is 29.6. The van der Waals surface area contributed by atoms with Crippen LogP contribution in [0.5, 0.6) is 0 Å². The van der Waals surface area contributed by atoms with Crippen molar-refractivity contribution in [1.29, 1.82) is 0 Å². The molecule has 0 amide bonds. The second kappa shape index (κ2) is 22.9. The van der Waals surface area contributed by atoms with Crippen molar-refractivity contribution in [3.05, 3.63) is 419 Å². The van der Waals surface area contributed by atoms with Crippen molar-refractivity contribution in [3.8, 4) is 22.3 Å². The van der Waals surface area contributed by atoms with Gasteiger partial charge in [0.25, 0.3) is 0 Å². The molecular formula is C90H68N4. The summed E-state index contributed by atoms with van der Waals surface area (Å²) in [6, 6.07) is 113. The van der Waals surface area contributed by atoms with E-state index in [1.165, 1.54) is 83.8 Å². The molecule has 3 aliphatic carbocycles. The van der Waals surface area contributed by atoms with Crippen LogP contribution in [0.4, 0.5) is 45.5 Å². The van der Waals surface area contributed by atoms with E-state index in [2.05, 4.69) is 374 Å². The highest BCUT2D eigenvalue weighted by Crippen LogP contribution is 2.61. The van der Waals surface area contributed by atoms with E-state index in [-0.39, 0.29) is 0 Å². The standard InChI is InChI=1S/C90H68N4/c1-4-5-40-82-63(3)91(83-41-24-25-42-84(83)92(82)70-36-20-10-21-37-70)72-50-54-76-74-52-48-64(58-78(74)89(80(76)60-72,66-28-12-6-13-29-66)67-30-14-7-15-31-67)46-47-65-49-53-75-77-55-51-73(61-81(77)90(79(75)59-65,68-32-16-8-17-33-68)69-34-18-9-19-35-69)94-86-44-27-26-43-85(86)93(71-38-22-11-23-39-71)87-56-45-62(2)57-88(87)94/h4-56,58-62H,1,57H2,2-3H3. The number of hydrogen-bond donors (Lipinski definition) is 0. The van der Waals surface area contributed by atoms with Crippen LogP contribution < -0.4 is 19.6 Å². The number of hydrogen-bond acceptors (Lipinski definition) is 4. The minimum atomic E-state index is -0.660. The molecule has 0 radical (unpaired) electrons. The molecule has 0 bridgehead atoms. The number of anilines is 8. The third-order valence-electron chi connectivity index (χ3n) is 20.1. The fourth-order valence-electron chi connectivity index (χ4n) is 16.1. The number of para-hydroxylation sites is 6. The van der Waals surface area contributed by atoms with E-state index in [1.807, 2.05) is 12.2 Å². The Kier molecular flexibility index (Phi) is 13.7. The minimum absolute atomic E-state index is 0.373. The Balaban J connectivity index is 0.804. The molecule has 12 aromatic rings. The molecule has 2 heterocycles. The molecule has 448 valence electrons. The third kappa shape index (κ3) is 8.74. The van der Waals surface area contributed by atoms with Gasteiger partial charge < -0.3 is 19.6 Å². The zero-order valence-electron chi connectivity index (χ0n) is 52.7. The summed E-state index contributed by atoms with van der Waals surface area (Å²) in [5.74, 6) is 0.373. The van der Waals surface area contributed by atoms with Gasteiger partial charge in [0.1, 0.15) is 0 Å². The summed E-state index contributed by atoms with van der Waals surface area (Å²) >= 11 is 0. The van der Waals surface area contributed by atoms with Gasteiger partial charge in [-0.2, -0.15) is 0 Å². The van der Waals surface area contributed by atoms with Crippen LogP contribution >= 0.6 is 0 Å². The first kappa shape index (κ1) is 56.3. The summed E-state index contributed by atoms with van der Waals surface area (Å²) in [6.45, 7) is 8.67. The lowest BCUT2D eigenvalue weighted by atomic mass is 9.67. The summed E-state index contributed by atoms with van der Waals surface area (Å²) in [5, 5.41) is 0. The molecule has 17 rings (SSSR count). The normalized spacial score (nSPS) is 16.2. The second-order valence-corrected chi connectivity index (χ2v) is 25.3. The van der Waals surface area contributed by atoms with Crippen molar-refractivity contribution in [2.24, 2.45) is 5.92 Å². The molecule has 0 saturated carbocycles. The highest BCUT2D eigenvalue weighted by atomic mass is 15.3. The van der Waals surface area contributed by atoms with Crippen molar-refractivity contribution in [2.45, 2.75) is 31.1 Å². The first-order valence-corrected chi connectivity index (χ1v) is 32.8. The SMILES string of the molecule is C=CC=CC1=C(C)N(c2ccc3c(c2)C(c2ccccc2)(c2ccccc2)c2cc(C=Cc4ccc5c(c4)C(c4ccccc4)(c4ccccc4)c4cc(N6C7=C(C=CC(C)C7)N(c7ccccc7)c7ccccc76)ccc4-5)ccc2-3)c2ccccc2N1c1ccccc1. The van der Waals surface area contributed by atoms with Gasteiger partial charge in [0.15, 0.2) is 0 Å². The van der Waals surface area contributed by atoms with Crippen LogP contribution in [0.3, 0.4) is 0 Å². The first-order chi connectivity index (χ1) is 46.4. The van der Waals surface area contributed by atoms with Gasteiger partial charge in [-0.05, 0) is 194 Å². The zero-order valence-corrected chi connectivity index (χ0v) is 52.7. The van der Waals surface area contributed by atoms with Crippen LogP contribution in [-0.4, -0.2) is 0 Å². The van der Waals surface area contributed by atoms with Crippen molar-refractivity contribution in [3.63, 3.8) is 0 Å². The Bertz CT molecular complexity index is 5020. The summed E-state index contributed by atoms with van der Waals surface area (Å²) in [7, 11) is 0. The molecule has 1 atom stereocenters. The molecule has 0 spiro atoms. The van der Waals surface area contributed by atoms with E-state index in [0.29, 0.717) is 5.92 Å². The van der Waals surface area contributed by atoms with Gasteiger partial charge in [0, 0.05) is 34.1 Å². The highest BCUT2D eigenvalue weighted by molar-refractivity contribution is 5.96. The number of rotatable bonds is 12. The van der Waals surface area contributed by atoms with Crippen LogP contribution in [0.25, 0.3) is 34.4 Å². The van der Waals surface area contributed by atoms with Crippen LogP contribution in [0.1, 0.15) is 75.9 Å². The zero-order chi connectivity index (χ0) is 62.9. The van der Waals surface area contributed by atoms with Crippen LogP contribution in [0.15, 0.2) is 363 Å². The molecule has 0 N–H and O–H groups in total. The van der Waals surface area contributed by atoms with Crippen LogP contribution in [0.2, 0.25) is 0 Å². The molecule has 0 fully saturated rings. The largest absolute Gasteiger partial charge is 0.310 e. The summed E-state index contributed by atoms with van der Waals surface area (Å²) in [4.78, 5) is 9.83. The molecule has 1 unspecified atom stereocenters. The maximum atomic E-state index is 4.09. The smallest absolute Gasteiger partial charge is 0.0714 e. The number of fused-ring (bicyclic) bond motifs is 8. The number of benzene rings is 12. The number of allylic oxidation sites excluding steroid dienone is 7. The molecule has 94 heavy (non-hydrogen) atoms. The monoisotopic (exact) mass is 1200 g/mol. The van der Waals surface area contributed by atoms with Crippen molar-refractivity contribution in [1.82, 2.24) is 0 Å². The third-order valence-corrected chi connectivity index (χ3v) is 20.1. The molecule has 4 heteroatoms. The minimum Gasteiger partial charge on any atom is -0.310 e. The topological polar surface area (TPSA) is 13.0 Å². The van der Waals surface area contributed by atoms with E-state index in [1.54, 1.807) is 0 Å². The Morgan fingerprint density at radius 2 is 0.723 bits per heavy atom. The predicted molar refractivity (Wildman–Crippen MR) is 393 cm³/mol. The van der Waals surface area contributed by atoms with Crippen molar-refractivity contribution >= 4 is 57.7 Å². The van der Waals surface area contributed by atoms with Gasteiger partial charge >= 0.3 is 0 Å². The molecular weight excluding hydrogens is 1140 g/mol. The predicted octanol–water partition coefficient (Wildman–Crippen LogP) is 22.9. The molecule has 4 nitrogen and oxygen atoms in total. The Morgan fingerprint density at radius 3 is 1.17 bits per heavy atom. The lowest BCUT2D eigenvalue weighted by Gasteiger charge is -2.43.